The lowest BCUT2D eigenvalue weighted by molar-refractivity contribution is 0.154. The minimum Gasteiger partial charge on any atom is -0.391 e. The molecule has 4 nitrogen and oxygen atoms in total. The molecular weight excluding hydrogens is 226 g/mol. The Morgan fingerprint density at radius 1 is 1.56 bits per heavy atom. The summed E-state index contributed by atoms with van der Waals surface area (Å²) in [6.45, 7) is 1.43. The molecule has 1 aromatic rings. The van der Waals surface area contributed by atoms with Crippen molar-refractivity contribution in [2.75, 3.05) is 18.0 Å². The van der Waals surface area contributed by atoms with Crippen molar-refractivity contribution in [2.45, 2.75) is 18.9 Å². The van der Waals surface area contributed by atoms with Crippen molar-refractivity contribution in [1.82, 2.24) is 4.98 Å². The maximum Gasteiger partial charge on any atom is 0.161 e. The highest BCUT2D eigenvalue weighted by Crippen LogP contribution is 2.21. The van der Waals surface area contributed by atoms with Crippen molar-refractivity contribution in [3.8, 4) is 6.07 Å². The number of nitrogens with zero attached hydrogens (tertiary/aromatic N) is 3. The lowest BCUT2D eigenvalue weighted by Gasteiger charge is -2.31. The van der Waals surface area contributed by atoms with E-state index in [-0.39, 0.29) is 11.8 Å². The highest BCUT2D eigenvalue weighted by atomic mass is 35.5. The third kappa shape index (κ3) is 2.26. The number of β-amino-alcohol motifs (C(OH)–C–C–N with tert-alkyl or cyclic N) is 1. The Morgan fingerprint density at radius 2 is 2.38 bits per heavy atom. The number of anilines is 1. The molecule has 1 saturated heterocycles. The number of aromatic nitrogens is 1. The molecule has 0 aliphatic carbocycles. The van der Waals surface area contributed by atoms with E-state index in [4.69, 9.17) is 16.9 Å². The number of pyridine rings is 1. The summed E-state index contributed by atoms with van der Waals surface area (Å²) in [7, 11) is 0. The molecular formula is C11H12ClN3O. The summed E-state index contributed by atoms with van der Waals surface area (Å²) in [5.41, 5.74) is 0.235. The molecule has 0 saturated carbocycles. The zero-order chi connectivity index (χ0) is 11.5. The quantitative estimate of drug-likeness (QED) is 0.806. The van der Waals surface area contributed by atoms with Gasteiger partial charge in [0.2, 0.25) is 0 Å². The molecule has 1 aromatic heterocycles. The average Bonchev–Trinajstić information content (AvgIpc) is 2.29. The maximum atomic E-state index is 9.56. The Labute approximate surface area is 99.1 Å². The maximum absolute atomic E-state index is 9.56. The Kier molecular flexibility index (Phi) is 3.28. The van der Waals surface area contributed by atoms with Crippen LogP contribution in [0.15, 0.2) is 12.1 Å². The Bertz CT molecular complexity index is 430. The van der Waals surface area contributed by atoms with Crippen LogP contribution >= 0.6 is 11.6 Å². The van der Waals surface area contributed by atoms with Gasteiger partial charge in [-0.3, -0.25) is 0 Å². The van der Waals surface area contributed by atoms with Crippen molar-refractivity contribution in [1.29, 1.82) is 5.26 Å². The monoisotopic (exact) mass is 237 g/mol. The number of halogens is 1. The molecule has 0 radical (unpaired) electrons. The van der Waals surface area contributed by atoms with Crippen molar-refractivity contribution in [3.05, 3.63) is 22.8 Å². The highest BCUT2D eigenvalue weighted by Gasteiger charge is 2.19. The molecule has 1 unspecified atom stereocenters. The van der Waals surface area contributed by atoms with E-state index in [2.05, 4.69) is 4.98 Å². The van der Waals surface area contributed by atoms with Crippen LogP contribution < -0.4 is 4.90 Å². The van der Waals surface area contributed by atoms with Crippen molar-refractivity contribution < 1.29 is 5.11 Å². The third-order valence-electron chi connectivity index (χ3n) is 2.66. The molecule has 1 aliphatic rings. The van der Waals surface area contributed by atoms with Gasteiger partial charge >= 0.3 is 0 Å². The van der Waals surface area contributed by atoms with Gasteiger partial charge in [-0.05, 0) is 25.0 Å². The van der Waals surface area contributed by atoms with Crippen LogP contribution in [0.4, 0.5) is 5.82 Å². The van der Waals surface area contributed by atoms with Gasteiger partial charge in [0.05, 0.1) is 11.1 Å². The smallest absolute Gasteiger partial charge is 0.161 e. The number of aliphatic hydroxyl groups is 1. The largest absolute Gasteiger partial charge is 0.391 e. The molecule has 1 N–H and O–H groups in total. The summed E-state index contributed by atoms with van der Waals surface area (Å²) in [5, 5.41) is 18.8. The van der Waals surface area contributed by atoms with Crippen LogP contribution in [0.5, 0.6) is 0 Å². The van der Waals surface area contributed by atoms with E-state index >= 15 is 0 Å². The van der Waals surface area contributed by atoms with Gasteiger partial charge in [-0.1, -0.05) is 11.6 Å². The van der Waals surface area contributed by atoms with Gasteiger partial charge in [-0.25, -0.2) is 4.98 Å². The second kappa shape index (κ2) is 4.69. The minimum atomic E-state index is -0.309. The Balaban J connectivity index is 2.24. The van der Waals surface area contributed by atoms with Crippen LogP contribution in [0.3, 0.4) is 0 Å². The highest BCUT2D eigenvalue weighted by molar-refractivity contribution is 6.31. The van der Waals surface area contributed by atoms with E-state index in [1.165, 1.54) is 0 Å². The van der Waals surface area contributed by atoms with Crippen LogP contribution in [-0.4, -0.2) is 29.3 Å². The molecule has 1 atom stereocenters. The van der Waals surface area contributed by atoms with E-state index < -0.39 is 0 Å². The first-order chi connectivity index (χ1) is 7.70. The standard InChI is InChI=1S/C11H12ClN3O/c12-9-3-4-11(14-10(9)6-13)15-5-1-2-8(16)7-15/h3-4,8,16H,1-2,5,7H2. The summed E-state index contributed by atoms with van der Waals surface area (Å²) in [4.78, 5) is 6.15. The fourth-order valence-electron chi connectivity index (χ4n) is 1.85. The van der Waals surface area contributed by atoms with Crippen molar-refractivity contribution >= 4 is 17.4 Å². The van der Waals surface area contributed by atoms with Gasteiger partial charge in [0, 0.05) is 13.1 Å². The molecule has 0 amide bonds. The van der Waals surface area contributed by atoms with Crippen LogP contribution in [0.1, 0.15) is 18.5 Å². The normalized spacial score (nSPS) is 20.6. The van der Waals surface area contributed by atoms with Crippen LogP contribution in [0.25, 0.3) is 0 Å². The van der Waals surface area contributed by atoms with E-state index in [0.29, 0.717) is 17.4 Å². The second-order valence-electron chi connectivity index (χ2n) is 3.85. The molecule has 84 valence electrons. The molecule has 0 bridgehead atoms. The van der Waals surface area contributed by atoms with Gasteiger partial charge in [-0.2, -0.15) is 5.26 Å². The minimum absolute atomic E-state index is 0.235. The van der Waals surface area contributed by atoms with E-state index in [9.17, 15) is 5.11 Å². The summed E-state index contributed by atoms with van der Waals surface area (Å²) in [6.07, 6.45) is 1.46. The van der Waals surface area contributed by atoms with Gasteiger partial charge in [-0.15, -0.1) is 0 Å². The molecule has 0 aromatic carbocycles. The molecule has 2 rings (SSSR count). The third-order valence-corrected chi connectivity index (χ3v) is 2.96. The van der Waals surface area contributed by atoms with Crippen LogP contribution in [-0.2, 0) is 0 Å². The van der Waals surface area contributed by atoms with Crippen LogP contribution in [0.2, 0.25) is 5.02 Å². The average molecular weight is 238 g/mol. The predicted octanol–water partition coefficient (Wildman–Crippen LogP) is 1.57. The molecule has 1 aliphatic heterocycles. The summed E-state index contributed by atoms with van der Waals surface area (Å²) in [5.74, 6) is 0.708. The molecule has 16 heavy (non-hydrogen) atoms. The lowest BCUT2D eigenvalue weighted by atomic mass is 10.1. The fourth-order valence-corrected chi connectivity index (χ4v) is 2.00. The lowest BCUT2D eigenvalue weighted by Crippen LogP contribution is -2.38. The summed E-state index contributed by atoms with van der Waals surface area (Å²) >= 11 is 5.81. The summed E-state index contributed by atoms with van der Waals surface area (Å²) < 4.78 is 0. The zero-order valence-electron chi connectivity index (χ0n) is 8.73. The molecule has 0 spiro atoms. The number of nitriles is 1. The first-order valence-corrected chi connectivity index (χ1v) is 5.58. The number of piperidine rings is 1. The number of hydrogen-bond acceptors (Lipinski definition) is 4. The van der Waals surface area contributed by atoms with E-state index in [0.717, 1.165) is 19.4 Å². The van der Waals surface area contributed by atoms with Gasteiger partial charge < -0.3 is 10.0 Å². The van der Waals surface area contributed by atoms with E-state index in [1.54, 1.807) is 12.1 Å². The number of rotatable bonds is 1. The predicted molar refractivity (Wildman–Crippen MR) is 61.4 cm³/mol. The first-order valence-electron chi connectivity index (χ1n) is 5.20. The zero-order valence-corrected chi connectivity index (χ0v) is 9.48. The Hall–Kier alpha value is -1.31. The number of hydrogen-bond donors (Lipinski definition) is 1. The van der Waals surface area contributed by atoms with Crippen LogP contribution in [0, 0.1) is 11.3 Å². The number of aliphatic hydroxyl groups excluding tert-OH is 1. The van der Waals surface area contributed by atoms with Crippen molar-refractivity contribution in [3.63, 3.8) is 0 Å². The van der Waals surface area contributed by atoms with Gasteiger partial charge in [0.15, 0.2) is 5.69 Å². The molecule has 1 fully saturated rings. The topological polar surface area (TPSA) is 60.2 Å². The van der Waals surface area contributed by atoms with Gasteiger partial charge in [0.1, 0.15) is 11.9 Å². The SMILES string of the molecule is N#Cc1nc(N2CCCC(O)C2)ccc1Cl. The van der Waals surface area contributed by atoms with Crippen molar-refractivity contribution in [2.24, 2.45) is 0 Å². The first kappa shape index (κ1) is 11.2. The molecule has 2 heterocycles. The summed E-state index contributed by atoms with van der Waals surface area (Å²) in [6, 6.07) is 5.40. The fraction of sp³-hybridized carbons (Fsp3) is 0.455. The van der Waals surface area contributed by atoms with E-state index in [1.807, 2.05) is 11.0 Å². The molecule has 5 heteroatoms. The van der Waals surface area contributed by atoms with Gasteiger partial charge in [0.25, 0.3) is 0 Å². The second-order valence-corrected chi connectivity index (χ2v) is 4.26. The Morgan fingerprint density at radius 3 is 3.06 bits per heavy atom.